The molecule has 0 bridgehead atoms. The molecule has 0 atom stereocenters. The van der Waals surface area contributed by atoms with Gasteiger partial charge < -0.3 is 4.74 Å². The highest BCUT2D eigenvalue weighted by atomic mass is 35.5. The molecule has 0 heterocycles. The van der Waals surface area contributed by atoms with Crippen molar-refractivity contribution >= 4 is 17.3 Å². The van der Waals surface area contributed by atoms with Crippen LogP contribution in [0.1, 0.15) is 12.0 Å². The fourth-order valence-corrected chi connectivity index (χ4v) is 1.56. The van der Waals surface area contributed by atoms with Crippen molar-refractivity contribution in [2.24, 2.45) is 0 Å². The third-order valence-corrected chi connectivity index (χ3v) is 2.35. The van der Waals surface area contributed by atoms with Crippen LogP contribution in [0.15, 0.2) is 18.2 Å². The van der Waals surface area contributed by atoms with Gasteiger partial charge >= 0.3 is 6.61 Å². The monoisotopic (exact) mass is 265 g/mol. The Labute approximate surface area is 101 Å². The first-order valence-electron chi connectivity index (χ1n) is 4.83. The summed E-state index contributed by atoms with van der Waals surface area (Å²) in [6.45, 7) is -3.01. The maximum atomic E-state index is 12.1. The van der Waals surface area contributed by atoms with E-state index in [0.29, 0.717) is 12.3 Å². The molecule has 4 nitrogen and oxygen atoms in total. The van der Waals surface area contributed by atoms with E-state index in [9.17, 15) is 18.9 Å². The van der Waals surface area contributed by atoms with Crippen molar-refractivity contribution in [1.82, 2.24) is 0 Å². The van der Waals surface area contributed by atoms with Crippen LogP contribution >= 0.6 is 11.6 Å². The first-order chi connectivity index (χ1) is 8.06. The van der Waals surface area contributed by atoms with Gasteiger partial charge in [0.2, 0.25) is 0 Å². The normalized spacial score (nSPS) is 10.6. The summed E-state index contributed by atoms with van der Waals surface area (Å²) in [4.78, 5) is 10.1. The van der Waals surface area contributed by atoms with Gasteiger partial charge in [0.25, 0.3) is 5.69 Å². The summed E-state index contributed by atoms with van der Waals surface area (Å²) in [5.74, 6) is 0.125. The number of nitrogens with zero attached hydrogens (tertiary/aromatic N) is 1. The van der Waals surface area contributed by atoms with E-state index in [4.69, 9.17) is 11.6 Å². The number of nitro groups is 1. The molecule has 1 aromatic carbocycles. The summed E-state index contributed by atoms with van der Waals surface area (Å²) in [6, 6.07) is 3.84. The van der Waals surface area contributed by atoms with Gasteiger partial charge in [0.1, 0.15) is 5.75 Å². The van der Waals surface area contributed by atoms with E-state index in [0.717, 1.165) is 0 Å². The molecule has 17 heavy (non-hydrogen) atoms. The molecule has 0 aliphatic carbocycles. The Morgan fingerprint density at radius 3 is 2.71 bits per heavy atom. The van der Waals surface area contributed by atoms with Crippen LogP contribution in [0, 0.1) is 10.1 Å². The minimum absolute atomic E-state index is 0.151. The summed E-state index contributed by atoms with van der Waals surface area (Å²) in [7, 11) is 0. The van der Waals surface area contributed by atoms with Gasteiger partial charge in [0.05, 0.1) is 10.5 Å². The molecule has 0 spiro atoms. The number of ether oxygens (including phenoxy) is 1. The fourth-order valence-electron chi connectivity index (χ4n) is 1.43. The maximum absolute atomic E-state index is 12.1. The van der Waals surface area contributed by atoms with Crippen LogP contribution in [0.4, 0.5) is 14.5 Å². The molecule has 0 saturated carbocycles. The highest BCUT2D eigenvalue weighted by molar-refractivity contribution is 6.17. The minimum Gasteiger partial charge on any atom is -0.434 e. The van der Waals surface area contributed by atoms with E-state index < -0.39 is 11.5 Å². The highest BCUT2D eigenvalue weighted by Crippen LogP contribution is 2.30. The second kappa shape index (κ2) is 6.34. The number of benzene rings is 1. The van der Waals surface area contributed by atoms with E-state index in [1.54, 1.807) is 0 Å². The van der Waals surface area contributed by atoms with Gasteiger partial charge in [-0.15, -0.1) is 11.6 Å². The van der Waals surface area contributed by atoms with Gasteiger partial charge in [-0.1, -0.05) is 6.07 Å². The number of nitro benzene ring substituents is 1. The molecule has 0 aliphatic rings. The molecular formula is C10H10ClF2NO3. The van der Waals surface area contributed by atoms with Gasteiger partial charge in [-0.3, -0.25) is 10.1 Å². The zero-order chi connectivity index (χ0) is 12.8. The summed E-state index contributed by atoms with van der Waals surface area (Å²) in [5.41, 5.74) is -0.0771. The summed E-state index contributed by atoms with van der Waals surface area (Å²) in [6.07, 6.45) is 0.675. The SMILES string of the molecule is O=[N+]([O-])c1cccc(OC(F)F)c1CCCCl. The molecular weight excluding hydrogens is 256 g/mol. The third kappa shape index (κ3) is 3.81. The van der Waals surface area contributed by atoms with Gasteiger partial charge in [0, 0.05) is 11.9 Å². The van der Waals surface area contributed by atoms with Gasteiger partial charge in [-0.25, -0.2) is 0 Å². The molecule has 1 aromatic rings. The number of hydrogen-bond donors (Lipinski definition) is 0. The van der Waals surface area contributed by atoms with E-state index in [1.807, 2.05) is 0 Å². The van der Waals surface area contributed by atoms with Crippen molar-refractivity contribution in [3.63, 3.8) is 0 Å². The van der Waals surface area contributed by atoms with Crippen molar-refractivity contribution in [3.05, 3.63) is 33.9 Å². The molecule has 94 valence electrons. The van der Waals surface area contributed by atoms with Crippen LogP contribution in [-0.4, -0.2) is 17.4 Å². The summed E-state index contributed by atoms with van der Waals surface area (Å²) in [5, 5.41) is 10.8. The molecule has 0 aliphatic heterocycles. The smallest absolute Gasteiger partial charge is 0.387 e. The van der Waals surface area contributed by atoms with Gasteiger partial charge in [0.15, 0.2) is 0 Å². The number of hydrogen-bond acceptors (Lipinski definition) is 3. The van der Waals surface area contributed by atoms with E-state index in [-0.39, 0.29) is 23.4 Å². The molecule has 0 N–H and O–H groups in total. The van der Waals surface area contributed by atoms with E-state index in [1.165, 1.54) is 18.2 Å². The Balaban J connectivity index is 3.09. The standard InChI is InChI=1S/C10H10ClF2NO3/c11-6-2-3-7-8(14(15)16)4-1-5-9(7)17-10(12)13/h1,4-5,10H,2-3,6H2. The first kappa shape index (κ1) is 13.6. The highest BCUT2D eigenvalue weighted by Gasteiger charge is 2.19. The van der Waals surface area contributed by atoms with Crippen molar-refractivity contribution in [2.75, 3.05) is 5.88 Å². The Kier molecular flexibility index (Phi) is 5.09. The van der Waals surface area contributed by atoms with Crippen LogP contribution in [0.5, 0.6) is 5.75 Å². The molecule has 0 fully saturated rings. The van der Waals surface area contributed by atoms with Crippen LogP contribution in [0.3, 0.4) is 0 Å². The lowest BCUT2D eigenvalue weighted by Crippen LogP contribution is -2.06. The lowest BCUT2D eigenvalue weighted by Gasteiger charge is -2.10. The largest absolute Gasteiger partial charge is 0.434 e. The van der Waals surface area contributed by atoms with Crippen LogP contribution in [-0.2, 0) is 6.42 Å². The van der Waals surface area contributed by atoms with Gasteiger partial charge in [-0.05, 0) is 18.9 Å². The zero-order valence-electron chi connectivity index (χ0n) is 8.74. The fraction of sp³-hybridized carbons (Fsp3) is 0.400. The number of rotatable bonds is 6. The average Bonchev–Trinajstić information content (AvgIpc) is 2.26. The topological polar surface area (TPSA) is 52.4 Å². The molecule has 0 unspecified atom stereocenters. The quantitative estimate of drug-likeness (QED) is 0.450. The number of halogens is 3. The Morgan fingerprint density at radius 2 is 2.18 bits per heavy atom. The lowest BCUT2D eigenvalue weighted by molar-refractivity contribution is -0.385. The Morgan fingerprint density at radius 1 is 1.47 bits per heavy atom. The van der Waals surface area contributed by atoms with Crippen molar-refractivity contribution in [3.8, 4) is 5.75 Å². The van der Waals surface area contributed by atoms with Gasteiger partial charge in [-0.2, -0.15) is 8.78 Å². The molecule has 0 amide bonds. The molecule has 7 heteroatoms. The van der Waals surface area contributed by atoms with Crippen LogP contribution < -0.4 is 4.74 Å². The van der Waals surface area contributed by atoms with E-state index >= 15 is 0 Å². The molecule has 0 aromatic heterocycles. The Bertz CT molecular complexity index is 401. The van der Waals surface area contributed by atoms with Crippen LogP contribution in [0.2, 0.25) is 0 Å². The molecule has 1 rings (SSSR count). The lowest BCUT2D eigenvalue weighted by atomic mass is 10.1. The van der Waals surface area contributed by atoms with Crippen molar-refractivity contribution in [1.29, 1.82) is 0 Å². The zero-order valence-corrected chi connectivity index (χ0v) is 9.49. The van der Waals surface area contributed by atoms with Crippen molar-refractivity contribution in [2.45, 2.75) is 19.5 Å². The number of alkyl halides is 3. The minimum atomic E-state index is -3.01. The maximum Gasteiger partial charge on any atom is 0.387 e. The van der Waals surface area contributed by atoms with Crippen LogP contribution in [0.25, 0.3) is 0 Å². The average molecular weight is 266 g/mol. The predicted octanol–water partition coefficient (Wildman–Crippen LogP) is 3.37. The first-order valence-corrected chi connectivity index (χ1v) is 5.36. The second-order valence-corrected chi connectivity index (χ2v) is 3.56. The summed E-state index contributed by atoms with van der Waals surface area (Å²) >= 11 is 5.48. The van der Waals surface area contributed by atoms with Crippen molar-refractivity contribution < 1.29 is 18.4 Å². The summed E-state index contributed by atoms with van der Waals surface area (Å²) < 4.78 is 28.5. The third-order valence-electron chi connectivity index (χ3n) is 2.08. The molecule has 0 radical (unpaired) electrons. The van der Waals surface area contributed by atoms with E-state index in [2.05, 4.69) is 4.74 Å². The predicted molar refractivity (Wildman–Crippen MR) is 58.8 cm³/mol. The molecule has 0 saturated heterocycles. The second-order valence-electron chi connectivity index (χ2n) is 3.18. The Hall–Kier alpha value is -1.43.